The fraction of sp³-hybridized carbons (Fsp3) is 0.483. The Bertz CT molecular complexity index is 880. The van der Waals surface area contributed by atoms with Gasteiger partial charge < -0.3 is 0 Å². The molecule has 2 aromatic carbocycles. The SMILES string of the molecule is CCCCCC[n+]1cc(CC(C)c2ccccc2)n(CCCC)c1Cc1ccccc1. The molecule has 1 aromatic heterocycles. The highest BCUT2D eigenvalue weighted by Gasteiger charge is 2.24. The molecule has 31 heavy (non-hydrogen) atoms. The van der Waals surface area contributed by atoms with E-state index in [1.807, 2.05) is 0 Å². The van der Waals surface area contributed by atoms with Gasteiger partial charge in [-0.3, -0.25) is 0 Å². The van der Waals surface area contributed by atoms with Crippen LogP contribution in [0.2, 0.25) is 0 Å². The van der Waals surface area contributed by atoms with E-state index in [2.05, 4.69) is 96.8 Å². The molecule has 0 bridgehead atoms. The van der Waals surface area contributed by atoms with E-state index in [0.717, 1.165) is 25.9 Å². The summed E-state index contributed by atoms with van der Waals surface area (Å²) in [4.78, 5) is 0. The van der Waals surface area contributed by atoms with Crippen LogP contribution in [0, 0.1) is 0 Å². The molecular weight excluding hydrogens is 376 g/mol. The summed E-state index contributed by atoms with van der Waals surface area (Å²) >= 11 is 0. The first-order valence-corrected chi connectivity index (χ1v) is 12.4. The fourth-order valence-corrected chi connectivity index (χ4v) is 4.49. The van der Waals surface area contributed by atoms with Crippen molar-refractivity contribution in [3.63, 3.8) is 0 Å². The smallest absolute Gasteiger partial charge is 0.234 e. The molecule has 1 atom stereocenters. The number of imidazole rings is 1. The van der Waals surface area contributed by atoms with Crippen LogP contribution in [-0.4, -0.2) is 4.57 Å². The zero-order valence-corrected chi connectivity index (χ0v) is 19.9. The summed E-state index contributed by atoms with van der Waals surface area (Å²) in [7, 11) is 0. The van der Waals surface area contributed by atoms with Crippen molar-refractivity contribution in [2.75, 3.05) is 0 Å². The first-order chi connectivity index (χ1) is 15.2. The lowest BCUT2D eigenvalue weighted by Gasteiger charge is -2.11. The van der Waals surface area contributed by atoms with Gasteiger partial charge in [0.25, 0.3) is 5.82 Å². The molecular formula is C29H41N2+. The second-order valence-corrected chi connectivity index (χ2v) is 8.97. The largest absolute Gasteiger partial charge is 0.261 e. The van der Waals surface area contributed by atoms with Crippen LogP contribution in [0.4, 0.5) is 0 Å². The van der Waals surface area contributed by atoms with Gasteiger partial charge in [-0.15, -0.1) is 0 Å². The van der Waals surface area contributed by atoms with Crippen LogP contribution in [0.15, 0.2) is 66.9 Å². The van der Waals surface area contributed by atoms with Gasteiger partial charge in [-0.2, -0.15) is 0 Å². The monoisotopic (exact) mass is 417 g/mol. The Morgan fingerprint density at radius 2 is 1.48 bits per heavy atom. The molecule has 0 fully saturated rings. The van der Waals surface area contributed by atoms with E-state index < -0.39 is 0 Å². The van der Waals surface area contributed by atoms with E-state index in [0.29, 0.717) is 5.92 Å². The van der Waals surface area contributed by atoms with E-state index >= 15 is 0 Å². The summed E-state index contributed by atoms with van der Waals surface area (Å²) in [6.07, 6.45) is 12.3. The van der Waals surface area contributed by atoms with Crippen molar-refractivity contribution < 1.29 is 4.57 Å². The molecule has 0 aliphatic carbocycles. The third-order valence-electron chi connectivity index (χ3n) is 6.37. The Morgan fingerprint density at radius 1 is 0.806 bits per heavy atom. The van der Waals surface area contributed by atoms with E-state index in [1.165, 1.54) is 61.2 Å². The summed E-state index contributed by atoms with van der Waals surface area (Å²) < 4.78 is 5.22. The van der Waals surface area contributed by atoms with E-state index in [4.69, 9.17) is 0 Å². The number of aryl methyl sites for hydroxylation is 1. The van der Waals surface area contributed by atoms with Crippen molar-refractivity contribution in [3.05, 3.63) is 89.5 Å². The van der Waals surface area contributed by atoms with Gasteiger partial charge in [-0.1, -0.05) is 101 Å². The van der Waals surface area contributed by atoms with Crippen LogP contribution < -0.4 is 4.57 Å². The molecule has 3 aromatic rings. The first kappa shape index (κ1) is 23.3. The van der Waals surface area contributed by atoms with Crippen molar-refractivity contribution in [3.8, 4) is 0 Å². The maximum absolute atomic E-state index is 2.65. The van der Waals surface area contributed by atoms with Crippen LogP contribution in [0.5, 0.6) is 0 Å². The van der Waals surface area contributed by atoms with Crippen LogP contribution in [0.3, 0.4) is 0 Å². The Balaban J connectivity index is 1.91. The number of nitrogens with zero attached hydrogens (tertiary/aromatic N) is 2. The quantitative estimate of drug-likeness (QED) is 0.207. The van der Waals surface area contributed by atoms with Gasteiger partial charge in [-0.05, 0) is 36.3 Å². The topological polar surface area (TPSA) is 8.81 Å². The highest BCUT2D eigenvalue weighted by Crippen LogP contribution is 2.22. The minimum Gasteiger partial charge on any atom is -0.234 e. The maximum atomic E-state index is 2.65. The minimum atomic E-state index is 0.523. The van der Waals surface area contributed by atoms with Gasteiger partial charge in [0.1, 0.15) is 11.9 Å². The van der Waals surface area contributed by atoms with Gasteiger partial charge in [0.15, 0.2) is 0 Å². The normalized spacial score (nSPS) is 12.2. The van der Waals surface area contributed by atoms with Gasteiger partial charge in [0.2, 0.25) is 0 Å². The molecule has 3 rings (SSSR count). The molecule has 2 nitrogen and oxygen atoms in total. The predicted octanol–water partition coefficient (Wildman–Crippen LogP) is 7.09. The fourth-order valence-electron chi connectivity index (χ4n) is 4.49. The lowest BCUT2D eigenvalue weighted by molar-refractivity contribution is -0.704. The van der Waals surface area contributed by atoms with Crippen LogP contribution in [0.25, 0.3) is 0 Å². The zero-order valence-electron chi connectivity index (χ0n) is 19.9. The summed E-state index contributed by atoms with van der Waals surface area (Å²) in [5, 5.41) is 0. The molecule has 0 saturated heterocycles. The van der Waals surface area contributed by atoms with Crippen LogP contribution in [0.1, 0.15) is 87.9 Å². The number of benzene rings is 2. The lowest BCUT2D eigenvalue weighted by atomic mass is 9.96. The van der Waals surface area contributed by atoms with E-state index in [-0.39, 0.29) is 0 Å². The average molecular weight is 418 g/mol. The van der Waals surface area contributed by atoms with Crippen molar-refractivity contribution in [2.24, 2.45) is 0 Å². The zero-order chi connectivity index (χ0) is 21.9. The molecule has 0 saturated carbocycles. The van der Waals surface area contributed by atoms with Crippen molar-refractivity contribution in [2.45, 2.75) is 91.1 Å². The van der Waals surface area contributed by atoms with Crippen molar-refractivity contribution in [1.82, 2.24) is 4.57 Å². The van der Waals surface area contributed by atoms with Gasteiger partial charge in [0, 0.05) is 6.42 Å². The molecule has 0 spiro atoms. The van der Waals surface area contributed by atoms with Crippen LogP contribution in [-0.2, 0) is 25.9 Å². The molecule has 0 radical (unpaired) electrons. The maximum Gasteiger partial charge on any atom is 0.261 e. The average Bonchev–Trinajstić information content (AvgIpc) is 3.12. The Morgan fingerprint density at radius 3 is 2.16 bits per heavy atom. The summed E-state index contributed by atoms with van der Waals surface area (Å²) in [5.41, 5.74) is 4.33. The second-order valence-electron chi connectivity index (χ2n) is 8.97. The first-order valence-electron chi connectivity index (χ1n) is 12.4. The Hall–Kier alpha value is -2.35. The number of hydrogen-bond acceptors (Lipinski definition) is 0. The standard InChI is InChI=1S/C29H41N2/c1-4-6-8-15-20-30-24-28(22-25(3)27-18-13-10-14-19-27)31(21-7-5-2)29(30)23-26-16-11-9-12-17-26/h9-14,16-19,24-25H,4-8,15,20-23H2,1-3H3/q+1. The van der Waals surface area contributed by atoms with Gasteiger partial charge in [0.05, 0.1) is 19.5 Å². The molecule has 0 aliphatic heterocycles. The van der Waals surface area contributed by atoms with Crippen molar-refractivity contribution in [1.29, 1.82) is 0 Å². The van der Waals surface area contributed by atoms with Crippen LogP contribution >= 0.6 is 0 Å². The second kappa shape index (κ2) is 12.5. The molecule has 1 heterocycles. The third kappa shape index (κ3) is 6.82. The number of aromatic nitrogens is 2. The molecule has 0 N–H and O–H groups in total. The highest BCUT2D eigenvalue weighted by atomic mass is 15.2. The van der Waals surface area contributed by atoms with Gasteiger partial charge in [-0.25, -0.2) is 9.13 Å². The Kier molecular flexibility index (Phi) is 9.39. The molecule has 2 heteroatoms. The van der Waals surface area contributed by atoms with Gasteiger partial charge >= 0.3 is 0 Å². The molecule has 1 unspecified atom stereocenters. The third-order valence-corrected chi connectivity index (χ3v) is 6.37. The van der Waals surface area contributed by atoms with E-state index in [1.54, 1.807) is 0 Å². The summed E-state index contributed by atoms with van der Waals surface area (Å²) in [6.45, 7) is 9.21. The minimum absolute atomic E-state index is 0.523. The van der Waals surface area contributed by atoms with E-state index in [9.17, 15) is 0 Å². The summed E-state index contributed by atoms with van der Waals surface area (Å²) in [5.74, 6) is 2.00. The predicted molar refractivity (Wildman–Crippen MR) is 131 cm³/mol. The highest BCUT2D eigenvalue weighted by molar-refractivity contribution is 5.22. The molecule has 0 amide bonds. The van der Waals surface area contributed by atoms with Crippen molar-refractivity contribution >= 4 is 0 Å². The molecule has 0 aliphatic rings. The lowest BCUT2D eigenvalue weighted by Crippen LogP contribution is -2.37. The molecule has 166 valence electrons. The number of rotatable bonds is 13. The number of hydrogen-bond donors (Lipinski definition) is 0. The Labute approximate surface area is 190 Å². The number of unbranched alkanes of at least 4 members (excludes halogenated alkanes) is 4. The summed E-state index contributed by atoms with van der Waals surface area (Å²) in [6, 6.07) is 22.0.